The summed E-state index contributed by atoms with van der Waals surface area (Å²) in [5.41, 5.74) is 6.90. The normalized spacial score (nSPS) is 11.5. The van der Waals surface area contributed by atoms with E-state index >= 15 is 0 Å². The molecule has 0 bridgehead atoms. The fourth-order valence-electron chi connectivity index (χ4n) is 5.20. The van der Waals surface area contributed by atoms with E-state index in [1.54, 1.807) is 0 Å². The van der Waals surface area contributed by atoms with Gasteiger partial charge in [-0.1, -0.05) is 47.9 Å². The van der Waals surface area contributed by atoms with Crippen LogP contribution in [0.4, 0.5) is 11.4 Å². The van der Waals surface area contributed by atoms with Gasteiger partial charge in [0, 0.05) is 73.9 Å². The summed E-state index contributed by atoms with van der Waals surface area (Å²) in [5.74, 6) is 13.7. The van der Waals surface area contributed by atoms with Crippen molar-refractivity contribution in [2.45, 2.75) is 52.8 Å². The number of nitriles is 1. The second-order valence-electron chi connectivity index (χ2n) is 12.2. The Hall–Kier alpha value is -4.34. The smallest absolute Gasteiger partial charge is 0.259 e. The first kappa shape index (κ1) is 35.5. The van der Waals surface area contributed by atoms with Crippen molar-refractivity contribution in [1.82, 2.24) is 4.67 Å². The fraction of sp³-hybridized carbons (Fsp3) is 0.325. The summed E-state index contributed by atoms with van der Waals surface area (Å²) in [7, 11) is 6.69. The molecule has 4 aromatic rings. The molecule has 0 aliphatic rings. The number of fused-ring (bicyclic) bond motifs is 1. The van der Waals surface area contributed by atoms with E-state index in [1.165, 1.54) is 0 Å². The third-order valence-electron chi connectivity index (χ3n) is 7.56. The number of benzene rings is 4. The van der Waals surface area contributed by atoms with Gasteiger partial charge < -0.3 is 18.8 Å². The van der Waals surface area contributed by atoms with Gasteiger partial charge in [-0.3, -0.25) is 0 Å². The van der Waals surface area contributed by atoms with Crippen molar-refractivity contribution in [3.05, 3.63) is 107 Å². The van der Waals surface area contributed by atoms with Crippen LogP contribution < -0.4 is 9.80 Å². The quantitative estimate of drug-likeness (QED) is 0.0927. The summed E-state index contributed by atoms with van der Waals surface area (Å²) in [6.45, 7) is 9.15. The van der Waals surface area contributed by atoms with Gasteiger partial charge in [0.15, 0.2) is 0 Å². The molecule has 0 saturated carbocycles. The van der Waals surface area contributed by atoms with Gasteiger partial charge in [0.25, 0.3) is 8.53 Å². The molecule has 0 radical (unpaired) electrons. The van der Waals surface area contributed by atoms with Crippen LogP contribution in [0.15, 0.2) is 78.9 Å². The van der Waals surface area contributed by atoms with E-state index in [9.17, 15) is 0 Å². The van der Waals surface area contributed by atoms with E-state index in [0.29, 0.717) is 13.0 Å². The van der Waals surface area contributed by atoms with Crippen LogP contribution in [0, 0.1) is 35.0 Å². The zero-order chi connectivity index (χ0) is 33.9. The fourth-order valence-corrected chi connectivity index (χ4v) is 6.79. The Morgan fingerprint density at radius 2 is 1.21 bits per heavy atom. The summed E-state index contributed by atoms with van der Waals surface area (Å²) in [6, 6.07) is 29.5. The van der Waals surface area contributed by atoms with Crippen LogP contribution >= 0.6 is 8.53 Å². The summed E-state index contributed by atoms with van der Waals surface area (Å²) in [4.78, 5) is 4.15. The monoisotopic (exact) mass is 644 g/mol. The number of anilines is 2. The molecule has 1 unspecified atom stereocenters. The van der Waals surface area contributed by atoms with Crippen molar-refractivity contribution in [2.75, 3.05) is 44.6 Å². The molecule has 1 atom stereocenters. The third kappa shape index (κ3) is 9.59. The first-order valence-electron chi connectivity index (χ1n) is 15.9. The topological polar surface area (TPSA) is 52.0 Å². The molecule has 242 valence electrons. The largest absolute Gasteiger partial charge is 0.378 e. The Morgan fingerprint density at radius 1 is 0.681 bits per heavy atom. The van der Waals surface area contributed by atoms with E-state index < -0.39 is 8.53 Å². The molecule has 0 spiro atoms. The zero-order valence-corrected chi connectivity index (χ0v) is 29.7. The van der Waals surface area contributed by atoms with Crippen LogP contribution in [-0.2, 0) is 15.7 Å². The van der Waals surface area contributed by atoms with Gasteiger partial charge in [0.05, 0.1) is 25.7 Å². The van der Waals surface area contributed by atoms with E-state index in [-0.39, 0.29) is 18.7 Å². The molecule has 0 amide bonds. The molecule has 0 heterocycles. The molecule has 4 rings (SSSR count). The second kappa shape index (κ2) is 17.0. The molecule has 0 fully saturated rings. The summed E-state index contributed by atoms with van der Waals surface area (Å²) < 4.78 is 15.1. The van der Waals surface area contributed by atoms with Gasteiger partial charge in [-0.15, -0.1) is 0 Å². The lowest BCUT2D eigenvalue weighted by Gasteiger charge is -2.35. The molecule has 0 aliphatic carbocycles. The second-order valence-corrected chi connectivity index (χ2v) is 13.7. The molecule has 0 aliphatic heterocycles. The standard InChI is InChI=1S/C40H45N4O2P/c1-30(2)44(31(3)4)47(45-27-11-26-41)46-29-35-28-34(20-14-32-15-21-36(22-16-32)42(5)6)38-12-9-10-13-40(38)39(35)25-19-33-17-23-37(24-18-33)43(7)8/h9-10,12-13,15-18,21-24,28,30-31H,11,27,29H2,1-8H3. The predicted octanol–water partition coefficient (Wildman–Crippen LogP) is 8.56. The highest BCUT2D eigenvalue weighted by atomic mass is 31.2. The van der Waals surface area contributed by atoms with E-state index in [0.717, 1.165) is 50.0 Å². The maximum atomic E-state index is 9.17. The Balaban J connectivity index is 1.81. The van der Waals surface area contributed by atoms with Gasteiger partial charge >= 0.3 is 0 Å². The number of hydrogen-bond donors (Lipinski definition) is 0. The Labute approximate surface area is 282 Å². The highest BCUT2D eigenvalue weighted by Crippen LogP contribution is 2.47. The minimum absolute atomic E-state index is 0.199. The van der Waals surface area contributed by atoms with Crippen LogP contribution in [0.25, 0.3) is 10.8 Å². The molecular weight excluding hydrogens is 599 g/mol. The van der Waals surface area contributed by atoms with Gasteiger partial charge in [-0.05, 0) is 98.6 Å². The van der Waals surface area contributed by atoms with Crippen LogP contribution in [0.5, 0.6) is 0 Å². The minimum atomic E-state index is -1.43. The number of rotatable bonds is 11. The van der Waals surface area contributed by atoms with Gasteiger partial charge in [0.2, 0.25) is 0 Å². The van der Waals surface area contributed by atoms with Crippen LogP contribution in [0.3, 0.4) is 0 Å². The van der Waals surface area contributed by atoms with Gasteiger partial charge in [-0.2, -0.15) is 5.26 Å². The lowest BCUT2D eigenvalue weighted by Crippen LogP contribution is -2.33. The maximum absolute atomic E-state index is 9.17. The van der Waals surface area contributed by atoms with Gasteiger partial charge in [-0.25, -0.2) is 4.67 Å². The van der Waals surface area contributed by atoms with Crippen molar-refractivity contribution in [2.24, 2.45) is 0 Å². The lowest BCUT2D eigenvalue weighted by molar-refractivity contribution is 0.171. The lowest BCUT2D eigenvalue weighted by atomic mass is 9.94. The minimum Gasteiger partial charge on any atom is -0.378 e. The van der Waals surface area contributed by atoms with Crippen molar-refractivity contribution >= 4 is 30.7 Å². The maximum Gasteiger partial charge on any atom is 0.259 e. The van der Waals surface area contributed by atoms with Crippen molar-refractivity contribution in [3.8, 4) is 29.8 Å². The van der Waals surface area contributed by atoms with E-state index in [1.807, 2.05) is 64.6 Å². The molecule has 47 heavy (non-hydrogen) atoms. The Kier molecular flexibility index (Phi) is 12.8. The summed E-state index contributed by atoms with van der Waals surface area (Å²) in [5, 5.41) is 11.2. The van der Waals surface area contributed by atoms with E-state index in [2.05, 4.69) is 114 Å². The van der Waals surface area contributed by atoms with Crippen LogP contribution in [-0.4, -0.2) is 51.6 Å². The molecule has 4 aromatic carbocycles. The van der Waals surface area contributed by atoms with E-state index in [4.69, 9.17) is 14.3 Å². The van der Waals surface area contributed by atoms with Crippen LogP contribution in [0.2, 0.25) is 0 Å². The highest BCUT2D eigenvalue weighted by molar-refractivity contribution is 7.44. The average Bonchev–Trinajstić information content (AvgIpc) is 3.05. The van der Waals surface area contributed by atoms with Gasteiger partial charge in [0.1, 0.15) is 0 Å². The molecule has 7 heteroatoms. The molecule has 0 aromatic heterocycles. The SMILES string of the molecule is CC(C)N(C(C)C)P(OCCC#N)OCc1cc(C#Cc2ccc(N(C)C)cc2)c2ccccc2c1C#Cc1ccc(N(C)C)cc1. The molecular formula is C40H45N4O2P. The Morgan fingerprint density at radius 3 is 1.72 bits per heavy atom. The average molecular weight is 645 g/mol. The molecule has 0 N–H and O–H groups in total. The summed E-state index contributed by atoms with van der Waals surface area (Å²) in [6.07, 6.45) is 0.306. The first-order chi connectivity index (χ1) is 22.6. The van der Waals surface area contributed by atoms with Crippen molar-refractivity contribution < 1.29 is 9.05 Å². The first-order valence-corrected chi connectivity index (χ1v) is 17.1. The molecule has 0 saturated heterocycles. The van der Waals surface area contributed by atoms with Crippen LogP contribution in [0.1, 0.15) is 61.9 Å². The predicted molar refractivity (Wildman–Crippen MR) is 197 cm³/mol. The van der Waals surface area contributed by atoms with Crippen molar-refractivity contribution in [1.29, 1.82) is 5.26 Å². The summed E-state index contributed by atoms with van der Waals surface area (Å²) >= 11 is 0. The highest BCUT2D eigenvalue weighted by Gasteiger charge is 2.27. The zero-order valence-electron chi connectivity index (χ0n) is 28.8. The number of nitrogens with zero attached hydrogens (tertiary/aromatic N) is 4. The van der Waals surface area contributed by atoms with Crippen molar-refractivity contribution in [3.63, 3.8) is 0 Å². The molecule has 6 nitrogen and oxygen atoms in total. The third-order valence-corrected chi connectivity index (χ3v) is 9.61. The number of hydrogen-bond acceptors (Lipinski definition) is 6. The Bertz CT molecular complexity index is 1790.